The third-order valence-corrected chi connectivity index (χ3v) is 1.27. The number of hydrogen-bond donors (Lipinski definition) is 2. The quantitative estimate of drug-likeness (QED) is 0.244. The molecule has 3 N–H and O–H groups in total. The van der Waals surface area contributed by atoms with Crippen molar-refractivity contribution in [1.82, 2.24) is 5.01 Å². The Morgan fingerprint density at radius 3 is 2.75 bits per heavy atom. The highest BCUT2D eigenvalue weighted by molar-refractivity contribution is 5.83. The summed E-state index contributed by atoms with van der Waals surface area (Å²) in [5, 5.41) is 9.47. The summed E-state index contributed by atoms with van der Waals surface area (Å²) in [7, 11) is 0. The van der Waals surface area contributed by atoms with Crippen LogP contribution in [0.1, 0.15) is 0 Å². The van der Waals surface area contributed by atoms with Gasteiger partial charge >= 0.3 is 0 Å². The largest absolute Gasteiger partial charge is 0.395 e. The number of amides is 1. The summed E-state index contributed by atoms with van der Waals surface area (Å²) in [4.78, 5) is 10.4. The maximum atomic E-state index is 10.4. The Morgan fingerprint density at radius 2 is 2.62 bits per heavy atom. The highest BCUT2D eigenvalue weighted by Crippen LogP contribution is 2.10. The Hall–Kier alpha value is -0.610. The molecule has 0 aromatic carbocycles. The minimum absolute atomic E-state index is 0.0769. The average Bonchev–Trinajstić information content (AvgIpc) is 1.81. The molecular formula is C4H8N2O2. The fraction of sp³-hybridized carbons (Fsp3) is 0.750. The number of β-lactam (4-membered cyclic amide) rings is 1. The van der Waals surface area contributed by atoms with Crippen LogP contribution in [0.3, 0.4) is 0 Å². The van der Waals surface area contributed by atoms with Crippen molar-refractivity contribution < 1.29 is 9.90 Å². The van der Waals surface area contributed by atoms with E-state index in [2.05, 4.69) is 0 Å². The second kappa shape index (κ2) is 1.72. The van der Waals surface area contributed by atoms with Gasteiger partial charge in [0.1, 0.15) is 0 Å². The molecule has 1 aliphatic rings. The van der Waals surface area contributed by atoms with E-state index in [1.807, 2.05) is 0 Å². The van der Waals surface area contributed by atoms with Crippen molar-refractivity contribution in [1.29, 1.82) is 0 Å². The van der Waals surface area contributed by atoms with Gasteiger partial charge in [-0.3, -0.25) is 9.80 Å². The van der Waals surface area contributed by atoms with Gasteiger partial charge in [0.15, 0.2) is 0 Å². The van der Waals surface area contributed by atoms with E-state index < -0.39 is 0 Å². The van der Waals surface area contributed by atoms with E-state index in [9.17, 15) is 4.79 Å². The van der Waals surface area contributed by atoms with Crippen LogP contribution in [0.4, 0.5) is 0 Å². The van der Waals surface area contributed by atoms with Crippen LogP contribution >= 0.6 is 0 Å². The predicted octanol–water partition coefficient (Wildman–Crippen LogP) is -1.69. The smallest absolute Gasteiger partial charge is 0.243 e. The van der Waals surface area contributed by atoms with Crippen molar-refractivity contribution in [3.63, 3.8) is 0 Å². The Bertz CT molecular complexity index is 115. The van der Waals surface area contributed by atoms with Gasteiger partial charge < -0.3 is 5.11 Å². The van der Waals surface area contributed by atoms with Crippen molar-refractivity contribution in [2.24, 2.45) is 11.8 Å². The molecule has 0 spiro atoms. The maximum absolute atomic E-state index is 10.4. The standard InChI is InChI=1S/C4H8N2O2/c5-6-1-3(2-7)4(6)8/h3,7H,1-2,5H2/t3-/m0/s1. The number of carbonyl (C=O) groups is 1. The van der Waals surface area contributed by atoms with Crippen LogP contribution in [-0.4, -0.2) is 29.2 Å². The summed E-state index contributed by atoms with van der Waals surface area (Å²) in [5.74, 6) is 4.68. The fourth-order valence-electron chi connectivity index (χ4n) is 0.663. The third kappa shape index (κ3) is 0.579. The summed E-state index contributed by atoms with van der Waals surface area (Å²) in [6.07, 6.45) is 0. The Morgan fingerprint density at radius 1 is 2.00 bits per heavy atom. The molecule has 0 aliphatic carbocycles. The molecule has 1 aliphatic heterocycles. The number of rotatable bonds is 1. The molecule has 0 aromatic heterocycles. The minimum atomic E-state index is -0.222. The molecule has 4 heteroatoms. The van der Waals surface area contributed by atoms with Gasteiger partial charge in [0.2, 0.25) is 5.91 Å². The first-order valence-electron chi connectivity index (χ1n) is 2.42. The highest BCUT2D eigenvalue weighted by atomic mass is 16.3. The van der Waals surface area contributed by atoms with Crippen molar-refractivity contribution in [3.05, 3.63) is 0 Å². The molecule has 1 heterocycles. The number of carbonyl (C=O) groups excluding carboxylic acids is 1. The number of aliphatic hydroxyl groups is 1. The summed E-state index contributed by atoms with van der Waals surface area (Å²) in [5.41, 5.74) is 0. The molecule has 8 heavy (non-hydrogen) atoms. The zero-order valence-electron chi connectivity index (χ0n) is 4.37. The first-order chi connectivity index (χ1) is 3.75. The summed E-state index contributed by atoms with van der Waals surface area (Å²) >= 11 is 0. The molecule has 0 aromatic rings. The molecule has 0 radical (unpaired) electrons. The highest BCUT2D eigenvalue weighted by Gasteiger charge is 2.33. The van der Waals surface area contributed by atoms with E-state index in [1.165, 1.54) is 0 Å². The van der Waals surface area contributed by atoms with Crippen LogP contribution in [-0.2, 0) is 4.79 Å². The van der Waals surface area contributed by atoms with Crippen molar-refractivity contribution in [3.8, 4) is 0 Å². The van der Waals surface area contributed by atoms with Crippen molar-refractivity contribution in [2.75, 3.05) is 13.2 Å². The third-order valence-electron chi connectivity index (χ3n) is 1.27. The number of aliphatic hydroxyl groups excluding tert-OH is 1. The van der Waals surface area contributed by atoms with Crippen LogP contribution in [0.15, 0.2) is 0 Å². The topological polar surface area (TPSA) is 66.6 Å². The summed E-state index contributed by atoms with van der Waals surface area (Å²) < 4.78 is 0. The van der Waals surface area contributed by atoms with Crippen molar-refractivity contribution >= 4 is 5.91 Å². The monoisotopic (exact) mass is 116 g/mol. The maximum Gasteiger partial charge on any atom is 0.243 e. The van der Waals surface area contributed by atoms with Gasteiger partial charge in [-0.05, 0) is 0 Å². The van der Waals surface area contributed by atoms with E-state index >= 15 is 0 Å². The first-order valence-corrected chi connectivity index (χ1v) is 2.42. The predicted molar refractivity (Wildman–Crippen MR) is 26.5 cm³/mol. The van der Waals surface area contributed by atoms with E-state index in [1.54, 1.807) is 0 Å². The lowest BCUT2D eigenvalue weighted by Gasteiger charge is -2.32. The average molecular weight is 116 g/mol. The SMILES string of the molecule is NN1C[C@@H](CO)C1=O. The van der Waals surface area contributed by atoms with Crippen LogP contribution in [0.5, 0.6) is 0 Å². The van der Waals surface area contributed by atoms with E-state index in [4.69, 9.17) is 10.9 Å². The normalized spacial score (nSPS) is 28.0. The summed E-state index contributed by atoms with van der Waals surface area (Å²) in [6, 6.07) is 0. The molecule has 0 unspecified atom stereocenters. The number of hydrazine groups is 1. The Labute approximate surface area is 46.9 Å². The van der Waals surface area contributed by atoms with Gasteiger partial charge in [0, 0.05) is 0 Å². The van der Waals surface area contributed by atoms with Crippen molar-refractivity contribution in [2.45, 2.75) is 0 Å². The molecule has 0 saturated carbocycles. The molecule has 0 bridgehead atoms. The lowest BCUT2D eigenvalue weighted by atomic mass is 10.0. The minimum Gasteiger partial charge on any atom is -0.395 e. The van der Waals surface area contributed by atoms with E-state index in [-0.39, 0.29) is 18.4 Å². The van der Waals surface area contributed by atoms with Crippen LogP contribution in [0, 0.1) is 5.92 Å². The number of hydrogen-bond acceptors (Lipinski definition) is 3. The van der Waals surface area contributed by atoms with Crippen LogP contribution < -0.4 is 5.84 Å². The first kappa shape index (κ1) is 5.53. The molecule has 1 saturated heterocycles. The second-order valence-electron chi connectivity index (χ2n) is 1.87. The molecule has 1 atom stereocenters. The lowest BCUT2D eigenvalue weighted by Crippen LogP contribution is -2.57. The Kier molecular flexibility index (Phi) is 1.19. The Balaban J connectivity index is 2.36. The fourth-order valence-corrected chi connectivity index (χ4v) is 0.663. The number of nitrogens with zero attached hydrogens (tertiary/aromatic N) is 1. The van der Waals surface area contributed by atoms with Gasteiger partial charge in [-0.1, -0.05) is 0 Å². The summed E-state index contributed by atoms with van der Waals surface area (Å²) in [6.45, 7) is 0.419. The molecule has 1 fully saturated rings. The van der Waals surface area contributed by atoms with Gasteiger partial charge in [-0.15, -0.1) is 0 Å². The van der Waals surface area contributed by atoms with E-state index in [0.717, 1.165) is 5.01 Å². The van der Waals surface area contributed by atoms with E-state index in [0.29, 0.717) is 6.54 Å². The van der Waals surface area contributed by atoms with Gasteiger partial charge in [-0.2, -0.15) is 0 Å². The lowest BCUT2D eigenvalue weighted by molar-refractivity contribution is -0.150. The zero-order chi connectivity index (χ0) is 6.15. The molecule has 1 rings (SSSR count). The molecular weight excluding hydrogens is 108 g/mol. The second-order valence-corrected chi connectivity index (χ2v) is 1.87. The van der Waals surface area contributed by atoms with Gasteiger partial charge in [0.05, 0.1) is 19.1 Å². The zero-order valence-corrected chi connectivity index (χ0v) is 4.37. The number of nitrogens with two attached hydrogens (primary N) is 1. The molecule has 4 nitrogen and oxygen atoms in total. The van der Waals surface area contributed by atoms with Gasteiger partial charge in [-0.25, -0.2) is 5.84 Å². The van der Waals surface area contributed by atoms with Crippen LogP contribution in [0.2, 0.25) is 0 Å². The molecule has 1 amide bonds. The van der Waals surface area contributed by atoms with Gasteiger partial charge in [0.25, 0.3) is 0 Å². The van der Waals surface area contributed by atoms with Crippen LogP contribution in [0.25, 0.3) is 0 Å². The molecule has 46 valence electrons.